The lowest BCUT2D eigenvalue weighted by Crippen LogP contribution is -2.14. The summed E-state index contributed by atoms with van der Waals surface area (Å²) in [6, 6.07) is 15.6. The zero-order chi connectivity index (χ0) is 26.4. The van der Waals surface area contributed by atoms with Gasteiger partial charge in [-0.1, -0.05) is 69.2 Å². The normalized spacial score (nSPS) is 18.5. The Hall–Kier alpha value is -2.79. The number of unbranched alkanes of at least 4 members (excludes halogenated alkanes) is 1. The van der Waals surface area contributed by atoms with Gasteiger partial charge in [0.2, 0.25) is 0 Å². The highest BCUT2D eigenvalue weighted by Crippen LogP contribution is 2.43. The average molecular weight is 511 g/mol. The molecule has 37 heavy (non-hydrogen) atoms. The molecule has 0 spiro atoms. The molecule has 1 unspecified atom stereocenters. The Labute approximate surface area is 218 Å². The van der Waals surface area contributed by atoms with Gasteiger partial charge < -0.3 is 9.84 Å². The van der Waals surface area contributed by atoms with E-state index in [1.165, 1.54) is 0 Å². The Morgan fingerprint density at radius 3 is 2.19 bits per heavy atom. The molecule has 0 aliphatic heterocycles. The molecule has 0 saturated heterocycles. The van der Waals surface area contributed by atoms with Crippen LogP contribution in [0.1, 0.15) is 99.8 Å². The van der Waals surface area contributed by atoms with Gasteiger partial charge in [-0.25, -0.2) is 13.2 Å². The van der Waals surface area contributed by atoms with Gasteiger partial charge in [-0.2, -0.15) is 0 Å². The van der Waals surface area contributed by atoms with Gasteiger partial charge in [-0.15, -0.1) is 0 Å². The zero-order valence-corrected chi connectivity index (χ0v) is 21.8. The van der Waals surface area contributed by atoms with Crippen LogP contribution in [0.4, 0.5) is 13.2 Å². The van der Waals surface area contributed by atoms with Gasteiger partial charge >= 0.3 is 0 Å². The van der Waals surface area contributed by atoms with Crippen LogP contribution in [0.25, 0.3) is 11.1 Å². The lowest BCUT2D eigenvalue weighted by atomic mass is 9.76. The van der Waals surface area contributed by atoms with Crippen molar-refractivity contribution in [3.8, 4) is 16.9 Å². The Balaban J connectivity index is 1.41. The van der Waals surface area contributed by atoms with Crippen LogP contribution in [0, 0.1) is 17.5 Å². The number of rotatable bonds is 10. The van der Waals surface area contributed by atoms with Gasteiger partial charge in [-0.3, -0.25) is 0 Å². The first-order valence-electron chi connectivity index (χ1n) is 13.6. The molecule has 0 aromatic heterocycles. The van der Waals surface area contributed by atoms with Crippen LogP contribution in [0.2, 0.25) is 0 Å². The monoisotopic (exact) mass is 510 g/mol. The van der Waals surface area contributed by atoms with Crippen molar-refractivity contribution in [1.29, 1.82) is 0 Å². The minimum atomic E-state index is -0.831. The van der Waals surface area contributed by atoms with E-state index in [4.69, 9.17) is 4.74 Å². The first kappa shape index (κ1) is 27.3. The van der Waals surface area contributed by atoms with Crippen molar-refractivity contribution in [2.24, 2.45) is 0 Å². The topological polar surface area (TPSA) is 29.5 Å². The minimum absolute atomic E-state index is 0.0622. The molecule has 1 N–H and O–H groups in total. The molecule has 0 amide bonds. The Kier molecular flexibility index (Phi) is 9.31. The largest absolute Gasteiger partial charge is 0.491 e. The van der Waals surface area contributed by atoms with Gasteiger partial charge in [0, 0.05) is 5.56 Å². The van der Waals surface area contributed by atoms with Crippen LogP contribution >= 0.6 is 0 Å². The fourth-order valence-electron chi connectivity index (χ4n) is 5.38. The molecule has 1 aliphatic rings. The van der Waals surface area contributed by atoms with Crippen LogP contribution in [0.3, 0.4) is 0 Å². The lowest BCUT2D eigenvalue weighted by molar-refractivity contribution is 0.166. The Morgan fingerprint density at radius 1 is 0.838 bits per heavy atom. The number of ether oxygens (including phenoxy) is 1. The maximum absolute atomic E-state index is 15.2. The first-order chi connectivity index (χ1) is 17.9. The quantitative estimate of drug-likeness (QED) is 0.276. The number of aliphatic hydroxyl groups excluding tert-OH is 1. The fraction of sp³-hybridized carbons (Fsp3) is 0.438. The summed E-state index contributed by atoms with van der Waals surface area (Å²) in [6.07, 6.45) is 5.89. The van der Waals surface area contributed by atoms with E-state index in [0.29, 0.717) is 24.2 Å². The van der Waals surface area contributed by atoms with Crippen LogP contribution < -0.4 is 4.74 Å². The third kappa shape index (κ3) is 6.38. The minimum Gasteiger partial charge on any atom is -0.491 e. The van der Waals surface area contributed by atoms with Crippen molar-refractivity contribution in [1.82, 2.24) is 0 Å². The van der Waals surface area contributed by atoms with E-state index in [2.05, 4.69) is 6.92 Å². The van der Waals surface area contributed by atoms with Crippen molar-refractivity contribution in [3.63, 3.8) is 0 Å². The van der Waals surface area contributed by atoms with Gasteiger partial charge in [0.25, 0.3) is 0 Å². The average Bonchev–Trinajstić information content (AvgIpc) is 2.91. The van der Waals surface area contributed by atoms with Crippen LogP contribution in [-0.2, 0) is 0 Å². The predicted octanol–water partition coefficient (Wildman–Crippen LogP) is 9.22. The third-order valence-electron chi connectivity index (χ3n) is 7.63. The number of aliphatic hydroxyl groups is 1. The summed E-state index contributed by atoms with van der Waals surface area (Å²) in [6.45, 7) is 4.57. The molecule has 1 saturated carbocycles. The third-order valence-corrected chi connectivity index (χ3v) is 7.63. The Bertz CT molecular complexity index is 1170. The standard InChI is InChI=1S/C32H37F3O2/c1-3-5-19-37-30-18-15-25(20-28(30)33)21-7-9-22(10-8-21)26-16-17-27(32(35)31(26)34)23-11-13-24(14-12-23)29(36)6-4-2/h11-18,20-22,29,36H,3-10,19H2,1-2H3. The number of halogens is 3. The van der Waals surface area contributed by atoms with Gasteiger partial charge in [0.05, 0.1) is 12.7 Å². The molecule has 2 nitrogen and oxygen atoms in total. The second-order valence-corrected chi connectivity index (χ2v) is 10.2. The lowest BCUT2D eigenvalue weighted by Gasteiger charge is -2.29. The zero-order valence-electron chi connectivity index (χ0n) is 21.8. The molecule has 1 fully saturated rings. The van der Waals surface area contributed by atoms with E-state index in [9.17, 15) is 9.50 Å². The van der Waals surface area contributed by atoms with Crippen molar-refractivity contribution >= 4 is 0 Å². The molecule has 5 heteroatoms. The van der Waals surface area contributed by atoms with E-state index in [1.54, 1.807) is 48.5 Å². The van der Waals surface area contributed by atoms with E-state index in [1.807, 2.05) is 13.0 Å². The van der Waals surface area contributed by atoms with Gasteiger partial charge in [0.15, 0.2) is 23.2 Å². The summed E-state index contributed by atoms with van der Waals surface area (Å²) in [7, 11) is 0. The summed E-state index contributed by atoms with van der Waals surface area (Å²) in [5.74, 6) is -1.53. The maximum Gasteiger partial charge on any atom is 0.166 e. The Morgan fingerprint density at radius 2 is 1.54 bits per heavy atom. The van der Waals surface area contributed by atoms with Gasteiger partial charge in [-0.05, 0) is 84.7 Å². The summed E-state index contributed by atoms with van der Waals surface area (Å²) < 4.78 is 50.4. The summed E-state index contributed by atoms with van der Waals surface area (Å²) in [5, 5.41) is 10.2. The molecule has 4 rings (SSSR count). The van der Waals surface area contributed by atoms with Crippen LogP contribution in [0.15, 0.2) is 54.6 Å². The molecular formula is C32H37F3O2. The van der Waals surface area contributed by atoms with Crippen molar-refractivity contribution < 1.29 is 23.0 Å². The van der Waals surface area contributed by atoms with Crippen LogP contribution in [-0.4, -0.2) is 11.7 Å². The molecule has 0 bridgehead atoms. The fourth-order valence-corrected chi connectivity index (χ4v) is 5.38. The van der Waals surface area contributed by atoms with Crippen LogP contribution in [0.5, 0.6) is 5.75 Å². The smallest absolute Gasteiger partial charge is 0.166 e. The number of hydrogen-bond donors (Lipinski definition) is 1. The molecule has 3 aromatic rings. The van der Waals surface area contributed by atoms with E-state index in [0.717, 1.165) is 56.1 Å². The highest BCUT2D eigenvalue weighted by atomic mass is 19.2. The van der Waals surface area contributed by atoms with E-state index in [-0.39, 0.29) is 29.0 Å². The molecule has 0 heterocycles. The highest BCUT2D eigenvalue weighted by Gasteiger charge is 2.28. The van der Waals surface area contributed by atoms with E-state index >= 15 is 8.78 Å². The summed E-state index contributed by atoms with van der Waals surface area (Å²) >= 11 is 0. The van der Waals surface area contributed by atoms with Crippen molar-refractivity contribution in [3.05, 3.63) is 88.7 Å². The second-order valence-electron chi connectivity index (χ2n) is 10.2. The predicted molar refractivity (Wildman–Crippen MR) is 142 cm³/mol. The summed E-state index contributed by atoms with van der Waals surface area (Å²) in [5.41, 5.74) is 2.94. The number of hydrogen-bond acceptors (Lipinski definition) is 2. The molecular weight excluding hydrogens is 473 g/mol. The van der Waals surface area contributed by atoms with Crippen molar-refractivity contribution in [2.45, 2.75) is 83.2 Å². The van der Waals surface area contributed by atoms with E-state index < -0.39 is 17.7 Å². The molecule has 3 aromatic carbocycles. The molecule has 1 aliphatic carbocycles. The molecule has 0 radical (unpaired) electrons. The van der Waals surface area contributed by atoms with Crippen molar-refractivity contribution in [2.75, 3.05) is 6.61 Å². The first-order valence-corrected chi connectivity index (χ1v) is 13.6. The van der Waals surface area contributed by atoms with Gasteiger partial charge in [0.1, 0.15) is 0 Å². The maximum atomic E-state index is 15.2. The number of benzene rings is 3. The SMILES string of the molecule is CCCCOc1ccc(C2CCC(c3ccc(-c4ccc(C(O)CCC)cc4)c(F)c3F)CC2)cc1F. The summed E-state index contributed by atoms with van der Waals surface area (Å²) in [4.78, 5) is 0. The highest BCUT2D eigenvalue weighted by molar-refractivity contribution is 5.65. The molecule has 1 atom stereocenters. The second kappa shape index (κ2) is 12.6. The molecule has 198 valence electrons.